The molecule has 444 valence electrons. The maximum Gasteiger partial charge on any atom is 0.351 e. The highest BCUT2D eigenvalue weighted by atomic mass is 32.2. The molecule has 0 aliphatic rings. The molecule has 8 rings (SSSR count). The third-order valence-corrected chi connectivity index (χ3v) is 15.1. The van der Waals surface area contributed by atoms with Crippen LogP contribution in [0.2, 0.25) is 0 Å². The Bertz CT molecular complexity index is 4310. The van der Waals surface area contributed by atoms with Gasteiger partial charge in [-0.05, 0) is 72.1 Å². The highest BCUT2D eigenvalue weighted by Gasteiger charge is 2.25. The Kier molecular flexibility index (Phi) is 19.8. The number of nitrogens with zero attached hydrogens (tertiary/aromatic N) is 9. The van der Waals surface area contributed by atoms with Crippen molar-refractivity contribution in [2.75, 3.05) is 21.5 Å². The van der Waals surface area contributed by atoms with Gasteiger partial charge in [0.2, 0.25) is 35.6 Å². The standard InChI is InChI=1S/C48H46N16O17S4/c65-36(59-63-45-50-25-49-44(53-45)51-30-17-11-13-26-23-32(82-81-80-70)40(42(67)38(26)30)61-57-28-15-7-9-19-33(28)83(71,72)73)21-5-3-1-2-4-6-22-37(66)60-64-47-54-46(55-48(69)56-47)52-31-18-12-14-27-24-35(85(77,78)79)41(43(68)39(27)31)62-58-29-16-8-10-20-34(29)84(74,75)76/h7-20,23-25,67-68,70H,1-6,21-22H2,(H,59,65)(H,60,66)(H,71,72,73)(H,74,75,76)(H,77,78,79)(H2,49,50,51,53,63)(H3,52,54,55,56,64,69). The zero-order valence-corrected chi connectivity index (χ0v) is 46.6. The number of fused-ring (bicyclic) bond motifs is 2. The second-order valence-electron chi connectivity index (χ2n) is 17.6. The number of nitrogens with one attached hydrogen (secondary N) is 7. The third-order valence-electron chi connectivity index (χ3n) is 11.8. The number of aromatic hydroxyl groups is 2. The minimum atomic E-state index is -5.09. The lowest BCUT2D eigenvalue weighted by Gasteiger charge is -2.14. The Hall–Kier alpha value is -9.44. The minimum absolute atomic E-state index is 0.00825. The number of carbonyl (C=O) groups excluding carboxylic acids is 2. The molecule has 13 N–H and O–H groups in total. The van der Waals surface area contributed by atoms with Crippen molar-refractivity contribution >= 4 is 134 Å². The molecule has 0 aliphatic heterocycles. The Morgan fingerprint density at radius 3 is 1.65 bits per heavy atom. The zero-order chi connectivity index (χ0) is 60.9. The molecular weight excluding hydrogens is 1200 g/mol. The van der Waals surface area contributed by atoms with Crippen LogP contribution in [0.15, 0.2) is 148 Å². The first-order valence-corrected chi connectivity index (χ1v) is 29.6. The molecule has 0 bridgehead atoms. The van der Waals surface area contributed by atoms with Crippen molar-refractivity contribution < 1.29 is 73.3 Å². The zero-order valence-electron chi connectivity index (χ0n) is 43.3. The predicted octanol–water partition coefficient (Wildman–Crippen LogP) is 8.26. The van der Waals surface area contributed by atoms with Crippen molar-refractivity contribution in [2.24, 2.45) is 20.5 Å². The van der Waals surface area contributed by atoms with E-state index < -0.39 is 79.5 Å². The Balaban J connectivity index is 0.784. The number of unbranched alkanes of at least 4 members (excludes halogenated alkanes) is 5. The number of phenols is 2. The van der Waals surface area contributed by atoms with Crippen molar-refractivity contribution in [2.45, 2.75) is 70.9 Å². The molecule has 8 aromatic rings. The number of phenolic OH excluding ortho intramolecular Hbond substituents is 2. The van der Waals surface area contributed by atoms with Gasteiger partial charge in [-0.3, -0.25) is 49.9 Å². The maximum absolute atomic E-state index is 12.7. The van der Waals surface area contributed by atoms with Gasteiger partial charge >= 0.3 is 5.69 Å². The van der Waals surface area contributed by atoms with E-state index in [9.17, 15) is 63.5 Å². The fraction of sp³-hybridized carbons (Fsp3) is 0.167. The number of hydrazine groups is 2. The quantitative estimate of drug-likeness (QED) is 0.00575. The number of hydrogen-bond acceptors (Lipinski definition) is 28. The first-order valence-electron chi connectivity index (χ1n) is 24.5. The van der Waals surface area contributed by atoms with Gasteiger partial charge in [-0.2, -0.15) is 45.2 Å². The number of aromatic nitrogens is 6. The average Bonchev–Trinajstić information content (AvgIpc) is 1.88. The van der Waals surface area contributed by atoms with Crippen LogP contribution in [0.5, 0.6) is 11.5 Å². The van der Waals surface area contributed by atoms with Crippen molar-refractivity contribution in [1.29, 1.82) is 0 Å². The monoisotopic (exact) mass is 1250 g/mol. The maximum atomic E-state index is 12.7. The van der Waals surface area contributed by atoms with E-state index >= 15 is 0 Å². The van der Waals surface area contributed by atoms with E-state index in [2.05, 4.69) is 92.1 Å². The van der Waals surface area contributed by atoms with Crippen LogP contribution in [0.25, 0.3) is 21.5 Å². The highest BCUT2D eigenvalue weighted by molar-refractivity contribution is 7.94. The van der Waals surface area contributed by atoms with Gasteiger partial charge in [0, 0.05) is 23.6 Å². The number of hydrogen-bond donors (Lipinski definition) is 13. The van der Waals surface area contributed by atoms with Gasteiger partial charge in [0.1, 0.15) is 43.8 Å². The van der Waals surface area contributed by atoms with Gasteiger partial charge in [-0.1, -0.05) is 79.3 Å². The van der Waals surface area contributed by atoms with Crippen LogP contribution < -0.4 is 38.0 Å². The van der Waals surface area contributed by atoms with Gasteiger partial charge in [-0.15, -0.1) is 24.8 Å². The first kappa shape index (κ1) is 61.6. The number of azo groups is 2. The lowest BCUT2D eigenvalue weighted by Crippen LogP contribution is -2.31. The van der Waals surface area contributed by atoms with E-state index in [4.69, 9.17) is 5.26 Å². The lowest BCUT2D eigenvalue weighted by molar-refractivity contribution is -0.432. The molecule has 0 saturated heterocycles. The summed E-state index contributed by atoms with van der Waals surface area (Å²) in [4.78, 5) is 58.5. The molecule has 0 radical (unpaired) electrons. The summed E-state index contributed by atoms with van der Waals surface area (Å²) in [5, 5.41) is 57.1. The SMILES string of the molecule is O=C(CCCCCCCCC(=O)NNc1nc(Nc2cccc3cc(S(=O)(=O)O)c(N=Nc4ccccc4S(=O)(=O)O)c(O)c23)nc(=O)[nH]1)NNc1ncnc(Nc2cccc3cc(SOOO)c(N=Nc4ccccc4S(=O)(=O)O)c(O)c23)n1. The summed E-state index contributed by atoms with van der Waals surface area (Å²) in [6, 6.07) is 21.5. The number of rotatable bonds is 27. The van der Waals surface area contributed by atoms with Gasteiger partial charge in [0.05, 0.1) is 28.3 Å². The highest BCUT2D eigenvalue weighted by Crippen LogP contribution is 2.48. The van der Waals surface area contributed by atoms with Crippen molar-refractivity contribution in [3.05, 3.63) is 114 Å². The minimum Gasteiger partial charge on any atom is -0.505 e. The molecule has 2 heterocycles. The molecule has 0 aliphatic carbocycles. The fourth-order valence-corrected chi connectivity index (χ4v) is 10.5. The van der Waals surface area contributed by atoms with Crippen LogP contribution in [-0.2, 0) is 49.3 Å². The van der Waals surface area contributed by atoms with Crippen LogP contribution in [-0.4, -0.2) is 96.1 Å². The van der Waals surface area contributed by atoms with Gasteiger partial charge < -0.3 is 20.8 Å². The summed E-state index contributed by atoms with van der Waals surface area (Å²) < 4.78 is 106. The molecule has 0 unspecified atom stereocenters. The molecule has 0 spiro atoms. The van der Waals surface area contributed by atoms with Crippen LogP contribution in [0.3, 0.4) is 0 Å². The molecule has 6 aromatic carbocycles. The summed E-state index contributed by atoms with van der Waals surface area (Å²) in [6.07, 6.45) is 5.32. The van der Waals surface area contributed by atoms with Crippen molar-refractivity contribution in [3.63, 3.8) is 0 Å². The van der Waals surface area contributed by atoms with E-state index in [-0.39, 0.29) is 86.3 Å². The van der Waals surface area contributed by atoms with E-state index in [1.165, 1.54) is 54.6 Å². The van der Waals surface area contributed by atoms with Crippen LogP contribution in [0, 0.1) is 0 Å². The molecule has 0 fully saturated rings. The average molecular weight is 1250 g/mol. The summed E-state index contributed by atoms with van der Waals surface area (Å²) in [6.45, 7) is 0. The molecule has 2 amide bonds. The van der Waals surface area contributed by atoms with Crippen LogP contribution in [0.1, 0.15) is 51.4 Å². The van der Waals surface area contributed by atoms with Gasteiger partial charge in [0.25, 0.3) is 30.4 Å². The largest absolute Gasteiger partial charge is 0.505 e. The van der Waals surface area contributed by atoms with E-state index in [0.29, 0.717) is 43.1 Å². The molecular formula is C48H46N16O17S4. The summed E-state index contributed by atoms with van der Waals surface area (Å²) >= 11 is 0.452. The smallest absolute Gasteiger partial charge is 0.351 e. The van der Waals surface area contributed by atoms with E-state index in [1.807, 2.05) is 0 Å². The second-order valence-corrected chi connectivity index (χ2v) is 22.5. The number of benzene rings is 6. The molecule has 0 saturated carbocycles. The van der Waals surface area contributed by atoms with E-state index in [1.54, 1.807) is 18.2 Å². The Labute approximate surface area is 483 Å². The molecule has 85 heavy (non-hydrogen) atoms. The second kappa shape index (κ2) is 27.3. The Morgan fingerprint density at radius 1 is 0.565 bits per heavy atom. The fourth-order valence-electron chi connectivity index (χ4n) is 8.05. The van der Waals surface area contributed by atoms with Gasteiger partial charge in [0.15, 0.2) is 11.5 Å². The Morgan fingerprint density at radius 2 is 1.07 bits per heavy atom. The van der Waals surface area contributed by atoms with Crippen LogP contribution >= 0.6 is 12.0 Å². The first-order chi connectivity index (χ1) is 40.6. The number of H-pyrrole nitrogens is 1. The number of anilines is 6. The molecule has 37 heteroatoms. The summed E-state index contributed by atoms with van der Waals surface area (Å²) in [7, 11) is -14.6. The lowest BCUT2D eigenvalue weighted by atomic mass is 10.1. The molecule has 2 aromatic heterocycles. The van der Waals surface area contributed by atoms with Crippen LogP contribution in [0.4, 0.5) is 57.9 Å². The number of aromatic amines is 1. The van der Waals surface area contributed by atoms with E-state index in [0.717, 1.165) is 43.4 Å². The topological polar surface area (TPSA) is 495 Å². The van der Waals surface area contributed by atoms with Crippen molar-refractivity contribution in [3.8, 4) is 11.5 Å². The predicted molar refractivity (Wildman–Crippen MR) is 302 cm³/mol. The summed E-state index contributed by atoms with van der Waals surface area (Å²) in [5.74, 6) is -2.81. The number of amides is 2. The molecule has 33 nitrogen and oxygen atoms in total. The molecule has 0 atom stereocenters. The van der Waals surface area contributed by atoms with Crippen molar-refractivity contribution in [1.82, 2.24) is 40.8 Å². The number of carbonyl (C=O) groups is 2. The third kappa shape index (κ3) is 16.2. The summed E-state index contributed by atoms with van der Waals surface area (Å²) in [5.41, 5.74) is 7.68. The normalized spacial score (nSPS) is 12.0. The van der Waals surface area contributed by atoms with Gasteiger partial charge in [-0.25, -0.2) is 15.0 Å².